The van der Waals surface area contributed by atoms with Crippen molar-refractivity contribution in [1.82, 2.24) is 9.62 Å². The van der Waals surface area contributed by atoms with Crippen molar-refractivity contribution in [3.8, 4) is 11.5 Å². The van der Waals surface area contributed by atoms with Gasteiger partial charge in [0.25, 0.3) is 0 Å². The Morgan fingerprint density at radius 1 is 1.09 bits per heavy atom. The third-order valence-corrected chi connectivity index (χ3v) is 6.12. The van der Waals surface area contributed by atoms with Gasteiger partial charge in [-0.3, -0.25) is 0 Å². The molecule has 7 heteroatoms. The van der Waals surface area contributed by atoms with Crippen LogP contribution in [-0.2, 0) is 10.0 Å². The first-order valence-electron chi connectivity index (χ1n) is 8.02. The van der Waals surface area contributed by atoms with Gasteiger partial charge in [0.2, 0.25) is 10.0 Å². The van der Waals surface area contributed by atoms with Crippen LogP contribution in [0.5, 0.6) is 11.5 Å². The van der Waals surface area contributed by atoms with Crippen molar-refractivity contribution < 1.29 is 17.9 Å². The number of hydrogen-bond donors (Lipinski definition) is 1. The highest BCUT2D eigenvalue weighted by Crippen LogP contribution is 2.31. The Balaban J connectivity index is 1.71. The van der Waals surface area contributed by atoms with Crippen LogP contribution in [0.15, 0.2) is 23.1 Å². The van der Waals surface area contributed by atoms with Gasteiger partial charge >= 0.3 is 0 Å². The molecule has 128 valence electrons. The lowest BCUT2D eigenvalue weighted by atomic mass is 10.1. The molecule has 1 saturated carbocycles. The van der Waals surface area contributed by atoms with Gasteiger partial charge in [-0.15, -0.1) is 0 Å². The van der Waals surface area contributed by atoms with E-state index >= 15 is 0 Å². The summed E-state index contributed by atoms with van der Waals surface area (Å²) in [7, 11) is -0.651. The van der Waals surface area contributed by atoms with Gasteiger partial charge in [-0.25, -0.2) is 13.1 Å². The average molecular weight is 340 g/mol. The van der Waals surface area contributed by atoms with Crippen LogP contribution in [-0.4, -0.2) is 52.7 Å². The number of likely N-dealkylation sites (tertiary alicyclic amines) is 1. The minimum atomic E-state index is -3.63. The summed E-state index contributed by atoms with van der Waals surface area (Å²) in [5, 5.41) is 0. The van der Waals surface area contributed by atoms with Crippen LogP contribution in [0, 0.1) is 0 Å². The van der Waals surface area contributed by atoms with Gasteiger partial charge in [0, 0.05) is 18.2 Å². The molecule has 1 N–H and O–H groups in total. The number of benzene rings is 1. The molecule has 1 aromatic carbocycles. The van der Waals surface area contributed by atoms with Crippen molar-refractivity contribution in [1.29, 1.82) is 0 Å². The normalized spacial score (nSPS) is 20.4. The van der Waals surface area contributed by atoms with E-state index in [1.807, 2.05) is 0 Å². The lowest BCUT2D eigenvalue weighted by molar-refractivity contribution is 0.199. The van der Waals surface area contributed by atoms with Gasteiger partial charge in [-0.1, -0.05) is 0 Å². The summed E-state index contributed by atoms with van der Waals surface area (Å²) in [5.41, 5.74) is 0. The second-order valence-electron chi connectivity index (χ2n) is 6.18. The van der Waals surface area contributed by atoms with Crippen LogP contribution in [0.25, 0.3) is 0 Å². The SMILES string of the molecule is COc1ccc(OC)c(S(=O)(=O)NC2CCN(C3CC3)CC2)c1. The van der Waals surface area contributed by atoms with E-state index in [4.69, 9.17) is 9.47 Å². The van der Waals surface area contributed by atoms with Crippen LogP contribution in [0.2, 0.25) is 0 Å². The van der Waals surface area contributed by atoms with Crippen molar-refractivity contribution >= 4 is 10.0 Å². The van der Waals surface area contributed by atoms with Gasteiger partial charge in [0.1, 0.15) is 16.4 Å². The molecular weight excluding hydrogens is 316 g/mol. The van der Waals surface area contributed by atoms with Crippen molar-refractivity contribution in [2.24, 2.45) is 0 Å². The van der Waals surface area contributed by atoms with E-state index in [2.05, 4.69) is 9.62 Å². The maximum Gasteiger partial charge on any atom is 0.244 e. The van der Waals surface area contributed by atoms with E-state index in [0.717, 1.165) is 32.0 Å². The van der Waals surface area contributed by atoms with E-state index < -0.39 is 10.0 Å². The first-order chi connectivity index (χ1) is 11.0. The third-order valence-electron chi connectivity index (χ3n) is 4.57. The Hall–Kier alpha value is -1.31. The summed E-state index contributed by atoms with van der Waals surface area (Å²) < 4.78 is 38.6. The fourth-order valence-corrected chi connectivity index (χ4v) is 4.59. The molecule has 0 atom stereocenters. The molecule has 23 heavy (non-hydrogen) atoms. The standard InChI is InChI=1S/C16H24N2O4S/c1-21-14-5-6-15(22-2)16(11-14)23(19,20)17-12-7-9-18(10-8-12)13-3-4-13/h5-6,11-13,17H,3-4,7-10H2,1-2H3. The molecule has 1 aliphatic heterocycles. The third kappa shape index (κ3) is 3.79. The van der Waals surface area contributed by atoms with E-state index in [0.29, 0.717) is 11.5 Å². The van der Waals surface area contributed by atoms with Gasteiger partial charge in [0.15, 0.2) is 0 Å². The van der Waals surface area contributed by atoms with Gasteiger partial charge in [0.05, 0.1) is 14.2 Å². The fraction of sp³-hybridized carbons (Fsp3) is 0.625. The predicted molar refractivity (Wildman–Crippen MR) is 87.5 cm³/mol. The van der Waals surface area contributed by atoms with Gasteiger partial charge in [-0.05, 0) is 50.9 Å². The highest BCUT2D eigenvalue weighted by molar-refractivity contribution is 7.89. The average Bonchev–Trinajstić information content (AvgIpc) is 3.39. The fourth-order valence-electron chi connectivity index (χ4n) is 3.10. The number of sulfonamides is 1. The summed E-state index contributed by atoms with van der Waals surface area (Å²) in [4.78, 5) is 2.60. The molecule has 2 aliphatic rings. The molecule has 2 fully saturated rings. The monoisotopic (exact) mass is 340 g/mol. The molecule has 6 nitrogen and oxygen atoms in total. The Kier molecular flexibility index (Phi) is 4.79. The topological polar surface area (TPSA) is 67.9 Å². The minimum absolute atomic E-state index is 0.0223. The largest absolute Gasteiger partial charge is 0.497 e. The lowest BCUT2D eigenvalue weighted by Gasteiger charge is -2.32. The summed E-state index contributed by atoms with van der Waals surface area (Å²) in [6.45, 7) is 1.93. The van der Waals surface area contributed by atoms with Crippen molar-refractivity contribution in [2.75, 3.05) is 27.3 Å². The Morgan fingerprint density at radius 2 is 1.78 bits per heavy atom. The summed E-state index contributed by atoms with van der Waals surface area (Å²) >= 11 is 0. The quantitative estimate of drug-likeness (QED) is 0.852. The highest BCUT2D eigenvalue weighted by atomic mass is 32.2. The Labute approximate surface area is 137 Å². The van der Waals surface area contributed by atoms with E-state index in [9.17, 15) is 8.42 Å². The first kappa shape index (κ1) is 16.5. The summed E-state index contributed by atoms with van der Waals surface area (Å²) in [6, 6.07) is 5.52. The zero-order valence-corrected chi connectivity index (χ0v) is 14.4. The van der Waals surface area contributed by atoms with Crippen LogP contribution in [0.4, 0.5) is 0 Å². The maximum absolute atomic E-state index is 12.7. The van der Waals surface area contributed by atoms with E-state index in [-0.39, 0.29) is 10.9 Å². The molecule has 0 unspecified atom stereocenters. The highest BCUT2D eigenvalue weighted by Gasteiger charge is 2.33. The van der Waals surface area contributed by atoms with Crippen LogP contribution in [0.3, 0.4) is 0 Å². The van der Waals surface area contributed by atoms with Crippen LogP contribution in [0.1, 0.15) is 25.7 Å². The van der Waals surface area contributed by atoms with Gasteiger partial charge in [-0.2, -0.15) is 0 Å². The van der Waals surface area contributed by atoms with Crippen molar-refractivity contribution in [3.63, 3.8) is 0 Å². The zero-order valence-electron chi connectivity index (χ0n) is 13.6. The number of hydrogen-bond acceptors (Lipinski definition) is 5. The molecule has 1 aliphatic carbocycles. The molecule has 3 rings (SSSR count). The molecule has 0 aromatic heterocycles. The number of methoxy groups -OCH3 is 2. The summed E-state index contributed by atoms with van der Waals surface area (Å²) in [5.74, 6) is 0.823. The molecule has 0 radical (unpaired) electrons. The maximum atomic E-state index is 12.7. The molecule has 1 heterocycles. The second kappa shape index (κ2) is 6.67. The number of rotatable bonds is 6. The predicted octanol–water partition coefficient (Wildman–Crippen LogP) is 1.61. The lowest BCUT2D eigenvalue weighted by Crippen LogP contribution is -2.45. The molecular formula is C16H24N2O4S. The molecule has 1 aromatic rings. The number of ether oxygens (including phenoxy) is 2. The smallest absolute Gasteiger partial charge is 0.244 e. The Morgan fingerprint density at radius 3 is 2.35 bits per heavy atom. The van der Waals surface area contributed by atoms with E-state index in [1.54, 1.807) is 12.1 Å². The van der Waals surface area contributed by atoms with Crippen molar-refractivity contribution in [3.05, 3.63) is 18.2 Å². The second-order valence-corrected chi connectivity index (χ2v) is 7.86. The van der Waals surface area contributed by atoms with Crippen molar-refractivity contribution in [2.45, 2.75) is 42.7 Å². The number of piperidine rings is 1. The van der Waals surface area contributed by atoms with Crippen LogP contribution >= 0.6 is 0 Å². The summed E-state index contributed by atoms with van der Waals surface area (Å²) in [6.07, 6.45) is 4.28. The number of nitrogens with zero attached hydrogens (tertiary/aromatic N) is 1. The first-order valence-corrected chi connectivity index (χ1v) is 9.50. The van der Waals surface area contributed by atoms with E-state index in [1.165, 1.54) is 33.1 Å². The molecule has 0 amide bonds. The van der Waals surface area contributed by atoms with Crippen LogP contribution < -0.4 is 14.2 Å². The molecule has 0 spiro atoms. The Bertz CT molecular complexity index is 650. The molecule has 1 saturated heterocycles. The van der Waals surface area contributed by atoms with Gasteiger partial charge < -0.3 is 14.4 Å². The molecule has 0 bridgehead atoms. The number of nitrogens with one attached hydrogen (secondary N) is 1. The zero-order chi connectivity index (χ0) is 16.4. The minimum Gasteiger partial charge on any atom is -0.497 e.